The first kappa shape index (κ1) is 94.9. The van der Waals surface area contributed by atoms with Gasteiger partial charge in [-0.15, -0.1) is 0 Å². The maximum Gasteiger partial charge on any atom is 0.306 e. The van der Waals surface area contributed by atoms with Crippen LogP contribution in [0.15, 0.2) is 109 Å². The van der Waals surface area contributed by atoms with Crippen molar-refractivity contribution in [2.24, 2.45) is 0 Å². The van der Waals surface area contributed by atoms with E-state index < -0.39 is 24.3 Å². The normalized spacial score (nSPS) is 13.2. The van der Waals surface area contributed by atoms with Crippen LogP contribution in [0.1, 0.15) is 386 Å². The van der Waals surface area contributed by atoms with Crippen LogP contribution in [-0.4, -0.2) is 82.3 Å². The Morgan fingerprint density at radius 2 is 0.576 bits per heavy atom. The van der Waals surface area contributed by atoms with Crippen molar-refractivity contribution in [1.29, 1.82) is 0 Å². The Hall–Kier alpha value is -4.05. The van der Waals surface area contributed by atoms with Gasteiger partial charge in [0.15, 0.2) is 12.4 Å². The molecule has 2 unspecified atom stereocenters. The molecule has 0 bridgehead atoms. The van der Waals surface area contributed by atoms with E-state index in [0.717, 1.165) is 83.5 Å². The van der Waals surface area contributed by atoms with Gasteiger partial charge in [0, 0.05) is 12.8 Å². The fourth-order valence-electron chi connectivity index (χ4n) is 12.1. The number of hydrogen-bond donors (Lipinski definition) is 0. The van der Waals surface area contributed by atoms with E-state index in [1.165, 1.54) is 270 Å². The minimum Gasteiger partial charge on any atom is -0.545 e. The van der Waals surface area contributed by atoms with E-state index in [1.807, 2.05) is 21.1 Å². The van der Waals surface area contributed by atoms with Crippen molar-refractivity contribution in [2.45, 2.75) is 399 Å². The molecule has 0 amide bonds. The number of carbonyl (C=O) groups is 3. The number of hydrogen-bond acceptors (Lipinski definition) is 8. The molecule has 0 heterocycles. The number of aliphatic carboxylic acids is 1. The second-order valence-electron chi connectivity index (χ2n) is 29.4. The van der Waals surface area contributed by atoms with Gasteiger partial charge in [-0.3, -0.25) is 9.59 Å². The largest absolute Gasteiger partial charge is 0.545 e. The number of rotatable bonds is 78. The number of nitrogens with zero attached hydrogens (tertiary/aromatic N) is 1. The smallest absolute Gasteiger partial charge is 0.306 e. The second-order valence-corrected chi connectivity index (χ2v) is 29.4. The molecule has 0 saturated carbocycles. The van der Waals surface area contributed by atoms with Gasteiger partial charge in [0.1, 0.15) is 13.2 Å². The van der Waals surface area contributed by atoms with Crippen LogP contribution in [-0.2, 0) is 33.3 Å². The van der Waals surface area contributed by atoms with Gasteiger partial charge in [0.05, 0.1) is 40.3 Å². The second kappa shape index (κ2) is 79.6. The van der Waals surface area contributed by atoms with Crippen LogP contribution in [0.3, 0.4) is 0 Å². The maximum absolute atomic E-state index is 13.0. The lowest BCUT2D eigenvalue weighted by atomic mass is 10.0. The van der Waals surface area contributed by atoms with E-state index in [-0.39, 0.29) is 32.2 Å². The predicted molar refractivity (Wildman–Crippen MR) is 426 cm³/mol. The Bertz CT molecular complexity index is 2000. The number of carboxylic acid groups (broad SMARTS) is 1. The molecule has 0 aliphatic heterocycles. The molecule has 9 heteroatoms. The molecule has 0 fully saturated rings. The number of carbonyl (C=O) groups excluding carboxylic acids is 3. The molecule has 572 valence electrons. The standard InChI is InChI=1S/C90H159NO8/c1-6-8-10-12-14-16-18-20-22-24-26-28-30-32-34-36-38-40-41-42-43-44-45-46-47-49-51-53-55-57-59-61-63-65-67-69-71-73-75-77-79-81-88(93)99-86(85-98-90(89(94)95)96-83-82-91(3,4)5)84-97-87(92)80-78-76-74-72-70-68-66-64-62-60-58-56-54-52-50-48-39-37-35-33-31-29-27-25-23-21-19-17-15-13-11-9-7-2/h8,10,14,16,19-22,25-28,31-34,38,40,86,90H,6-7,9,11-13,15,17-18,23-24,29-30,35-37,39,41-85H2,1-5H3/b10-8-,16-14-,21-19-,22-20-,27-25-,28-26-,33-31-,34-32-,40-38-. The third kappa shape index (κ3) is 81.1. The molecular weight excluding hydrogens is 1220 g/mol. The summed E-state index contributed by atoms with van der Waals surface area (Å²) in [7, 11) is 5.95. The van der Waals surface area contributed by atoms with Gasteiger partial charge < -0.3 is 33.3 Å². The molecule has 9 nitrogen and oxygen atoms in total. The van der Waals surface area contributed by atoms with Crippen molar-refractivity contribution in [1.82, 2.24) is 0 Å². The third-order valence-corrected chi connectivity index (χ3v) is 18.5. The van der Waals surface area contributed by atoms with Crippen LogP contribution in [0.25, 0.3) is 0 Å². The molecule has 0 N–H and O–H groups in total. The summed E-state index contributed by atoms with van der Waals surface area (Å²) in [6, 6.07) is 0. The Morgan fingerprint density at radius 3 is 0.859 bits per heavy atom. The molecule has 2 atom stereocenters. The van der Waals surface area contributed by atoms with Crippen LogP contribution in [0.2, 0.25) is 0 Å². The van der Waals surface area contributed by atoms with Crippen molar-refractivity contribution in [3.63, 3.8) is 0 Å². The molecule has 0 aromatic heterocycles. The van der Waals surface area contributed by atoms with Crippen LogP contribution < -0.4 is 5.11 Å². The Balaban J connectivity index is 3.97. The lowest BCUT2D eigenvalue weighted by Gasteiger charge is -2.26. The molecule has 0 radical (unpaired) electrons. The Labute approximate surface area is 613 Å². The van der Waals surface area contributed by atoms with Gasteiger partial charge in [-0.05, 0) is 103 Å². The number of ether oxygens (including phenoxy) is 4. The highest BCUT2D eigenvalue weighted by Gasteiger charge is 2.22. The summed E-state index contributed by atoms with van der Waals surface area (Å²) in [6.07, 6.45) is 109. The summed E-state index contributed by atoms with van der Waals surface area (Å²) >= 11 is 0. The molecule has 0 spiro atoms. The molecule has 0 aromatic carbocycles. The highest BCUT2D eigenvalue weighted by atomic mass is 16.7. The Kier molecular flexibility index (Phi) is 76.4. The number of quaternary nitrogens is 1. The number of esters is 2. The van der Waals surface area contributed by atoms with Gasteiger partial charge in [-0.2, -0.15) is 0 Å². The van der Waals surface area contributed by atoms with Crippen molar-refractivity contribution in [2.75, 3.05) is 47.5 Å². The molecule has 0 aromatic rings. The number of unbranched alkanes of at least 4 members (excludes halogenated alkanes) is 45. The first-order valence-corrected chi connectivity index (χ1v) is 42.0. The summed E-state index contributed by atoms with van der Waals surface area (Å²) in [4.78, 5) is 37.7. The summed E-state index contributed by atoms with van der Waals surface area (Å²) in [5, 5.41) is 11.9. The molecule has 0 aliphatic carbocycles. The third-order valence-electron chi connectivity index (χ3n) is 18.5. The summed E-state index contributed by atoms with van der Waals surface area (Å²) in [5.41, 5.74) is 0. The Morgan fingerprint density at radius 1 is 0.313 bits per heavy atom. The zero-order chi connectivity index (χ0) is 71.8. The van der Waals surface area contributed by atoms with Gasteiger partial charge in [0.2, 0.25) is 0 Å². The highest BCUT2D eigenvalue weighted by Crippen LogP contribution is 2.19. The van der Waals surface area contributed by atoms with Crippen molar-refractivity contribution < 1.29 is 42.9 Å². The summed E-state index contributed by atoms with van der Waals surface area (Å²) < 4.78 is 22.9. The van der Waals surface area contributed by atoms with Crippen molar-refractivity contribution in [3.05, 3.63) is 109 Å². The molecule has 99 heavy (non-hydrogen) atoms. The van der Waals surface area contributed by atoms with E-state index in [2.05, 4.69) is 123 Å². The average molecular weight is 1380 g/mol. The van der Waals surface area contributed by atoms with Gasteiger partial charge >= 0.3 is 11.9 Å². The minimum absolute atomic E-state index is 0.147. The maximum atomic E-state index is 13.0. The zero-order valence-corrected chi connectivity index (χ0v) is 65.6. The van der Waals surface area contributed by atoms with Crippen LogP contribution in [0.5, 0.6) is 0 Å². The highest BCUT2D eigenvalue weighted by molar-refractivity contribution is 5.70. The van der Waals surface area contributed by atoms with Gasteiger partial charge in [0.25, 0.3) is 0 Å². The average Bonchev–Trinajstić information content (AvgIpc) is 2.62. The van der Waals surface area contributed by atoms with E-state index in [9.17, 15) is 19.5 Å². The van der Waals surface area contributed by atoms with Crippen LogP contribution in [0.4, 0.5) is 0 Å². The number of allylic oxidation sites excluding steroid dienone is 18. The lowest BCUT2D eigenvalue weighted by Crippen LogP contribution is -2.44. The SMILES string of the molecule is CC/C=C\C/C=C\C/C=C\C/C=C\C/C=C\C/C=C\CCCCCCCCCCCCCCCCCCCCCCCCC(=O)OC(COC(=O)CCCCCCCCCCCCCCCCCCCC/C=C\C/C=C\C/C=C\CCCCCCC)COC(OCC[N+](C)(C)C)C(=O)[O-]. The van der Waals surface area contributed by atoms with E-state index >= 15 is 0 Å². The fourth-order valence-corrected chi connectivity index (χ4v) is 12.1. The monoisotopic (exact) mass is 1380 g/mol. The van der Waals surface area contributed by atoms with E-state index in [0.29, 0.717) is 23.9 Å². The van der Waals surface area contributed by atoms with Crippen LogP contribution >= 0.6 is 0 Å². The predicted octanol–water partition coefficient (Wildman–Crippen LogP) is 25.9. The van der Waals surface area contributed by atoms with Crippen LogP contribution in [0, 0.1) is 0 Å². The van der Waals surface area contributed by atoms with E-state index in [1.54, 1.807) is 0 Å². The molecular formula is C90H159NO8. The molecule has 0 aliphatic rings. The quantitative estimate of drug-likeness (QED) is 0.0195. The lowest BCUT2D eigenvalue weighted by molar-refractivity contribution is -0.870. The number of likely N-dealkylation sites (N-methyl/N-ethyl adjacent to an activating group) is 1. The first-order chi connectivity index (χ1) is 48.6. The molecule has 0 saturated heterocycles. The number of carboxylic acids is 1. The summed E-state index contributed by atoms with van der Waals surface area (Å²) in [5.74, 6) is -2.26. The topological polar surface area (TPSA) is 111 Å². The van der Waals surface area contributed by atoms with Crippen molar-refractivity contribution in [3.8, 4) is 0 Å². The minimum atomic E-state index is -1.62. The fraction of sp³-hybridized carbons (Fsp3) is 0.767. The van der Waals surface area contributed by atoms with Gasteiger partial charge in [-0.25, -0.2) is 0 Å². The zero-order valence-electron chi connectivity index (χ0n) is 65.6. The van der Waals surface area contributed by atoms with E-state index in [4.69, 9.17) is 18.9 Å². The first-order valence-electron chi connectivity index (χ1n) is 42.0. The molecule has 0 rings (SSSR count). The van der Waals surface area contributed by atoms with Crippen molar-refractivity contribution >= 4 is 17.9 Å². The summed E-state index contributed by atoms with van der Waals surface area (Å²) in [6.45, 7) is 4.67. The van der Waals surface area contributed by atoms with Gasteiger partial charge in [-0.1, -0.05) is 380 Å².